The standard InChI is InChI=1S/C16H19NS/c1-12-5-4-6-14(11-12)13(2)17-15-7-9-16(18-3)10-8-15/h4-11,13,17H,1-3H3. The number of benzene rings is 2. The molecule has 0 radical (unpaired) electrons. The molecule has 1 N–H and O–H groups in total. The van der Waals surface area contributed by atoms with Crippen molar-refractivity contribution in [3.05, 3.63) is 59.7 Å². The Kier molecular flexibility index (Phi) is 4.32. The molecule has 0 aliphatic carbocycles. The smallest absolute Gasteiger partial charge is 0.0485 e. The second kappa shape index (κ2) is 5.96. The molecule has 2 aromatic rings. The first-order valence-electron chi connectivity index (χ1n) is 6.16. The van der Waals surface area contributed by atoms with Crippen LogP contribution in [0.2, 0.25) is 0 Å². The molecule has 1 atom stereocenters. The minimum atomic E-state index is 0.324. The van der Waals surface area contributed by atoms with E-state index >= 15 is 0 Å². The third-order valence-corrected chi connectivity index (χ3v) is 3.76. The van der Waals surface area contributed by atoms with E-state index in [-0.39, 0.29) is 0 Å². The maximum Gasteiger partial charge on any atom is 0.0485 e. The van der Waals surface area contributed by atoms with Gasteiger partial charge in [-0.15, -0.1) is 11.8 Å². The van der Waals surface area contributed by atoms with Crippen molar-refractivity contribution in [3.8, 4) is 0 Å². The predicted molar refractivity (Wildman–Crippen MR) is 81.4 cm³/mol. The molecule has 2 aromatic carbocycles. The molecule has 18 heavy (non-hydrogen) atoms. The lowest BCUT2D eigenvalue weighted by Gasteiger charge is -2.16. The molecule has 2 rings (SSSR count). The Bertz CT molecular complexity index is 505. The highest BCUT2D eigenvalue weighted by Crippen LogP contribution is 2.22. The van der Waals surface area contributed by atoms with Crippen LogP contribution in [-0.4, -0.2) is 6.26 Å². The van der Waals surface area contributed by atoms with Gasteiger partial charge in [0.2, 0.25) is 0 Å². The SMILES string of the molecule is CSc1ccc(NC(C)c2cccc(C)c2)cc1. The van der Waals surface area contributed by atoms with Crippen LogP contribution >= 0.6 is 11.8 Å². The van der Waals surface area contributed by atoms with Gasteiger partial charge >= 0.3 is 0 Å². The number of rotatable bonds is 4. The number of thioether (sulfide) groups is 1. The number of hydrogen-bond acceptors (Lipinski definition) is 2. The maximum atomic E-state index is 3.53. The van der Waals surface area contributed by atoms with Gasteiger partial charge in [0.15, 0.2) is 0 Å². The molecule has 0 fully saturated rings. The van der Waals surface area contributed by atoms with Gasteiger partial charge in [-0.25, -0.2) is 0 Å². The molecule has 0 saturated heterocycles. The first-order chi connectivity index (χ1) is 8.69. The summed E-state index contributed by atoms with van der Waals surface area (Å²) in [6.07, 6.45) is 2.10. The van der Waals surface area contributed by atoms with Crippen molar-refractivity contribution in [2.45, 2.75) is 24.8 Å². The minimum Gasteiger partial charge on any atom is -0.379 e. The van der Waals surface area contributed by atoms with Crippen LogP contribution in [0.4, 0.5) is 5.69 Å². The lowest BCUT2D eigenvalue weighted by Crippen LogP contribution is -2.06. The molecular formula is C16H19NS. The van der Waals surface area contributed by atoms with Gasteiger partial charge in [0, 0.05) is 16.6 Å². The van der Waals surface area contributed by atoms with E-state index in [0.717, 1.165) is 0 Å². The molecule has 0 saturated carbocycles. The second-order valence-corrected chi connectivity index (χ2v) is 5.39. The molecule has 94 valence electrons. The zero-order chi connectivity index (χ0) is 13.0. The van der Waals surface area contributed by atoms with Crippen molar-refractivity contribution < 1.29 is 0 Å². The Morgan fingerprint density at radius 1 is 1.06 bits per heavy atom. The molecule has 1 nitrogen and oxygen atoms in total. The van der Waals surface area contributed by atoms with E-state index in [1.807, 2.05) is 0 Å². The Morgan fingerprint density at radius 3 is 2.39 bits per heavy atom. The quantitative estimate of drug-likeness (QED) is 0.783. The number of hydrogen-bond donors (Lipinski definition) is 1. The third kappa shape index (κ3) is 3.30. The first-order valence-corrected chi connectivity index (χ1v) is 7.38. The Labute approximate surface area is 114 Å². The Balaban J connectivity index is 2.08. The summed E-state index contributed by atoms with van der Waals surface area (Å²) in [5.41, 5.74) is 3.80. The Hall–Kier alpha value is -1.41. The van der Waals surface area contributed by atoms with Crippen LogP contribution < -0.4 is 5.32 Å². The van der Waals surface area contributed by atoms with Gasteiger partial charge in [0.05, 0.1) is 0 Å². The van der Waals surface area contributed by atoms with Crippen LogP contribution in [0, 0.1) is 6.92 Å². The summed E-state index contributed by atoms with van der Waals surface area (Å²) in [4.78, 5) is 1.30. The van der Waals surface area contributed by atoms with Gasteiger partial charge in [-0.2, -0.15) is 0 Å². The van der Waals surface area contributed by atoms with Crippen LogP contribution in [0.1, 0.15) is 24.1 Å². The molecule has 0 aliphatic heterocycles. The van der Waals surface area contributed by atoms with Crippen molar-refractivity contribution in [2.24, 2.45) is 0 Å². The minimum absolute atomic E-state index is 0.324. The molecule has 0 aliphatic rings. The van der Waals surface area contributed by atoms with Crippen LogP contribution in [-0.2, 0) is 0 Å². The number of aryl methyl sites for hydroxylation is 1. The van der Waals surface area contributed by atoms with E-state index in [4.69, 9.17) is 0 Å². The zero-order valence-corrected chi connectivity index (χ0v) is 11.9. The topological polar surface area (TPSA) is 12.0 Å². The van der Waals surface area contributed by atoms with Gasteiger partial charge in [0.1, 0.15) is 0 Å². The van der Waals surface area contributed by atoms with Gasteiger partial charge < -0.3 is 5.32 Å². The number of nitrogens with one attached hydrogen (secondary N) is 1. The fraction of sp³-hybridized carbons (Fsp3) is 0.250. The van der Waals surface area contributed by atoms with Crippen LogP contribution in [0.5, 0.6) is 0 Å². The van der Waals surface area contributed by atoms with Crippen molar-refractivity contribution in [3.63, 3.8) is 0 Å². The lowest BCUT2D eigenvalue weighted by atomic mass is 10.1. The van der Waals surface area contributed by atoms with Gasteiger partial charge in [-0.05, 0) is 49.9 Å². The summed E-state index contributed by atoms with van der Waals surface area (Å²) in [6, 6.07) is 17.5. The van der Waals surface area contributed by atoms with Gasteiger partial charge in [-0.3, -0.25) is 0 Å². The van der Waals surface area contributed by atoms with E-state index in [9.17, 15) is 0 Å². The van der Waals surface area contributed by atoms with Crippen molar-refractivity contribution in [1.82, 2.24) is 0 Å². The summed E-state index contributed by atoms with van der Waals surface area (Å²) >= 11 is 1.77. The van der Waals surface area contributed by atoms with Crippen LogP contribution in [0.15, 0.2) is 53.4 Å². The van der Waals surface area contributed by atoms with Gasteiger partial charge in [-0.1, -0.05) is 29.8 Å². The Morgan fingerprint density at radius 2 is 1.78 bits per heavy atom. The summed E-state index contributed by atoms with van der Waals surface area (Å²) in [5.74, 6) is 0. The van der Waals surface area contributed by atoms with Crippen LogP contribution in [0.3, 0.4) is 0 Å². The fourth-order valence-electron chi connectivity index (χ4n) is 1.96. The largest absolute Gasteiger partial charge is 0.379 e. The predicted octanol–water partition coefficient (Wildman–Crippen LogP) is 4.89. The van der Waals surface area contributed by atoms with Gasteiger partial charge in [0.25, 0.3) is 0 Å². The summed E-state index contributed by atoms with van der Waals surface area (Å²) in [5, 5.41) is 3.53. The molecule has 2 heteroatoms. The van der Waals surface area contributed by atoms with Crippen LogP contribution in [0.25, 0.3) is 0 Å². The molecule has 0 spiro atoms. The lowest BCUT2D eigenvalue weighted by molar-refractivity contribution is 0.882. The second-order valence-electron chi connectivity index (χ2n) is 4.51. The number of anilines is 1. The summed E-state index contributed by atoms with van der Waals surface area (Å²) < 4.78 is 0. The fourth-order valence-corrected chi connectivity index (χ4v) is 2.37. The molecule has 0 bridgehead atoms. The monoisotopic (exact) mass is 257 g/mol. The molecule has 0 heterocycles. The third-order valence-electron chi connectivity index (χ3n) is 3.02. The summed E-state index contributed by atoms with van der Waals surface area (Å²) in [7, 11) is 0. The van der Waals surface area contributed by atoms with E-state index in [1.54, 1.807) is 11.8 Å². The average molecular weight is 257 g/mol. The average Bonchev–Trinajstić information content (AvgIpc) is 2.39. The van der Waals surface area contributed by atoms with Crippen molar-refractivity contribution in [2.75, 3.05) is 11.6 Å². The maximum absolute atomic E-state index is 3.53. The first kappa shape index (κ1) is 13.0. The normalized spacial score (nSPS) is 12.2. The summed E-state index contributed by atoms with van der Waals surface area (Å²) in [6.45, 7) is 4.32. The van der Waals surface area contributed by atoms with Crippen molar-refractivity contribution >= 4 is 17.4 Å². The van der Waals surface area contributed by atoms with E-state index < -0.39 is 0 Å². The molecular weight excluding hydrogens is 238 g/mol. The van der Waals surface area contributed by atoms with E-state index in [1.165, 1.54) is 21.7 Å². The molecule has 1 unspecified atom stereocenters. The highest BCUT2D eigenvalue weighted by atomic mass is 32.2. The highest BCUT2D eigenvalue weighted by Gasteiger charge is 2.05. The van der Waals surface area contributed by atoms with E-state index in [0.29, 0.717) is 6.04 Å². The van der Waals surface area contributed by atoms with E-state index in [2.05, 4.69) is 74.0 Å². The van der Waals surface area contributed by atoms with Crippen molar-refractivity contribution in [1.29, 1.82) is 0 Å². The zero-order valence-electron chi connectivity index (χ0n) is 11.1. The molecule has 0 aromatic heterocycles. The molecule has 0 amide bonds. The highest BCUT2D eigenvalue weighted by molar-refractivity contribution is 7.98.